The fraction of sp³-hybridized carbons (Fsp3) is 0.400. The number of nitrogens with two attached hydrogens (primary N) is 1. The molecule has 0 saturated carbocycles. The van der Waals surface area contributed by atoms with Crippen molar-refractivity contribution >= 4 is 28.9 Å². The van der Waals surface area contributed by atoms with Crippen LogP contribution in [-0.2, 0) is 0 Å². The molecule has 14 heavy (non-hydrogen) atoms. The van der Waals surface area contributed by atoms with Crippen molar-refractivity contribution in [3.8, 4) is 0 Å². The molecule has 0 radical (unpaired) electrons. The first-order valence-electron chi connectivity index (χ1n) is 4.58. The second-order valence-electron chi connectivity index (χ2n) is 3.00. The Kier molecular flexibility index (Phi) is 4.52. The van der Waals surface area contributed by atoms with Crippen LogP contribution in [0.4, 0.5) is 5.69 Å². The Hall–Kier alpha value is -0.440. The molecule has 0 saturated heterocycles. The van der Waals surface area contributed by atoms with E-state index in [-0.39, 0.29) is 0 Å². The number of halogens is 2. The van der Waals surface area contributed by atoms with E-state index in [0.29, 0.717) is 16.6 Å². The van der Waals surface area contributed by atoms with Gasteiger partial charge in [0.25, 0.3) is 0 Å². The second kappa shape index (κ2) is 5.44. The van der Waals surface area contributed by atoms with Gasteiger partial charge in [-0.25, -0.2) is 0 Å². The highest BCUT2D eigenvalue weighted by Crippen LogP contribution is 2.25. The van der Waals surface area contributed by atoms with E-state index in [0.717, 1.165) is 18.8 Å². The van der Waals surface area contributed by atoms with E-state index >= 15 is 0 Å². The molecule has 0 atom stereocenters. The van der Waals surface area contributed by atoms with Crippen molar-refractivity contribution in [2.45, 2.75) is 6.92 Å². The molecule has 0 bridgehead atoms. The molecule has 0 aliphatic carbocycles. The number of nitrogens with zero attached hydrogens (tertiary/aromatic N) is 1. The molecule has 0 unspecified atom stereocenters. The first-order valence-corrected chi connectivity index (χ1v) is 5.34. The number of likely N-dealkylation sites (N-methyl/N-ethyl adjacent to an activating group) is 1. The third-order valence-electron chi connectivity index (χ3n) is 1.99. The van der Waals surface area contributed by atoms with Crippen LogP contribution in [0.25, 0.3) is 0 Å². The molecule has 0 amide bonds. The van der Waals surface area contributed by atoms with Gasteiger partial charge < -0.3 is 10.6 Å². The van der Waals surface area contributed by atoms with E-state index in [4.69, 9.17) is 28.9 Å². The zero-order valence-corrected chi connectivity index (χ0v) is 9.65. The van der Waals surface area contributed by atoms with Crippen LogP contribution in [0.15, 0.2) is 18.2 Å². The summed E-state index contributed by atoms with van der Waals surface area (Å²) in [5, 5.41) is 1.31. The van der Waals surface area contributed by atoms with Gasteiger partial charge in [0.15, 0.2) is 0 Å². The van der Waals surface area contributed by atoms with Gasteiger partial charge in [-0.1, -0.05) is 23.2 Å². The fourth-order valence-corrected chi connectivity index (χ4v) is 1.86. The lowest BCUT2D eigenvalue weighted by atomic mass is 10.3. The average molecular weight is 233 g/mol. The maximum absolute atomic E-state index is 5.91. The summed E-state index contributed by atoms with van der Waals surface area (Å²) in [5.74, 6) is 0. The normalized spacial score (nSPS) is 10.3. The molecule has 2 N–H and O–H groups in total. The first-order chi connectivity index (χ1) is 6.67. The minimum absolute atomic E-state index is 0.623. The molecule has 4 heteroatoms. The molecule has 0 aliphatic heterocycles. The summed E-state index contributed by atoms with van der Waals surface area (Å²) in [6.45, 7) is 4.41. The van der Waals surface area contributed by atoms with Crippen molar-refractivity contribution in [1.82, 2.24) is 0 Å². The summed E-state index contributed by atoms with van der Waals surface area (Å²) >= 11 is 11.8. The highest BCUT2D eigenvalue weighted by molar-refractivity contribution is 6.35. The average Bonchev–Trinajstić information content (AvgIpc) is 2.12. The third kappa shape index (κ3) is 3.05. The van der Waals surface area contributed by atoms with E-state index < -0.39 is 0 Å². The maximum Gasteiger partial charge on any atom is 0.0441 e. The Balaban J connectivity index is 2.91. The lowest BCUT2D eigenvalue weighted by Crippen LogP contribution is -2.28. The molecule has 1 aromatic carbocycles. The summed E-state index contributed by atoms with van der Waals surface area (Å²) < 4.78 is 0. The Morgan fingerprint density at radius 3 is 2.21 bits per heavy atom. The fourth-order valence-electron chi connectivity index (χ4n) is 1.35. The van der Waals surface area contributed by atoms with Crippen LogP contribution in [-0.4, -0.2) is 19.6 Å². The summed E-state index contributed by atoms with van der Waals surface area (Å²) in [4.78, 5) is 2.14. The zero-order valence-electron chi connectivity index (χ0n) is 8.13. The predicted molar refractivity (Wildman–Crippen MR) is 63.4 cm³/mol. The molecule has 0 spiro atoms. The van der Waals surface area contributed by atoms with E-state index in [1.54, 1.807) is 6.07 Å². The van der Waals surface area contributed by atoms with E-state index in [2.05, 4.69) is 11.8 Å². The number of anilines is 1. The molecule has 2 nitrogen and oxygen atoms in total. The van der Waals surface area contributed by atoms with Crippen molar-refractivity contribution in [3.05, 3.63) is 28.2 Å². The molecule has 0 fully saturated rings. The standard InChI is InChI=1S/C10H14Cl2N2/c1-2-14(4-3-13)10-6-8(11)5-9(12)7-10/h5-7H,2-4,13H2,1H3. The highest BCUT2D eigenvalue weighted by Gasteiger charge is 2.04. The van der Waals surface area contributed by atoms with Gasteiger partial charge in [0.05, 0.1) is 0 Å². The van der Waals surface area contributed by atoms with Crippen LogP contribution in [0.5, 0.6) is 0 Å². The summed E-state index contributed by atoms with van der Waals surface area (Å²) in [5.41, 5.74) is 6.53. The number of rotatable bonds is 4. The van der Waals surface area contributed by atoms with Gasteiger partial charge in [0.2, 0.25) is 0 Å². The third-order valence-corrected chi connectivity index (χ3v) is 2.43. The monoisotopic (exact) mass is 232 g/mol. The molecule has 0 heterocycles. The largest absolute Gasteiger partial charge is 0.370 e. The van der Waals surface area contributed by atoms with Crippen LogP contribution in [0.2, 0.25) is 10.0 Å². The van der Waals surface area contributed by atoms with E-state index in [9.17, 15) is 0 Å². The Morgan fingerprint density at radius 1 is 1.21 bits per heavy atom. The van der Waals surface area contributed by atoms with Crippen LogP contribution < -0.4 is 10.6 Å². The topological polar surface area (TPSA) is 29.3 Å². The zero-order chi connectivity index (χ0) is 10.6. The lowest BCUT2D eigenvalue weighted by Gasteiger charge is -2.22. The SMILES string of the molecule is CCN(CCN)c1cc(Cl)cc(Cl)c1. The predicted octanol–water partition coefficient (Wildman–Crippen LogP) is 2.78. The Labute approximate surface area is 94.6 Å². The van der Waals surface area contributed by atoms with E-state index in [1.165, 1.54) is 0 Å². The molecule has 1 rings (SSSR count). The number of hydrogen-bond donors (Lipinski definition) is 1. The molecular formula is C10H14Cl2N2. The van der Waals surface area contributed by atoms with Crippen molar-refractivity contribution in [2.75, 3.05) is 24.5 Å². The molecule has 1 aromatic rings. The van der Waals surface area contributed by atoms with Crippen LogP contribution in [0.3, 0.4) is 0 Å². The summed E-state index contributed by atoms with van der Waals surface area (Å²) in [7, 11) is 0. The number of benzene rings is 1. The smallest absolute Gasteiger partial charge is 0.0441 e. The van der Waals surface area contributed by atoms with Crippen molar-refractivity contribution in [2.24, 2.45) is 5.73 Å². The summed E-state index contributed by atoms with van der Waals surface area (Å²) in [6, 6.07) is 5.52. The first kappa shape index (κ1) is 11.6. The van der Waals surface area contributed by atoms with Gasteiger partial charge in [-0.2, -0.15) is 0 Å². The molecule has 0 aliphatic rings. The van der Waals surface area contributed by atoms with Crippen molar-refractivity contribution in [1.29, 1.82) is 0 Å². The van der Waals surface area contributed by atoms with Crippen molar-refractivity contribution in [3.63, 3.8) is 0 Å². The second-order valence-corrected chi connectivity index (χ2v) is 3.87. The van der Waals surface area contributed by atoms with Crippen molar-refractivity contribution < 1.29 is 0 Å². The number of hydrogen-bond acceptors (Lipinski definition) is 2. The van der Waals surface area contributed by atoms with Gasteiger partial charge in [0, 0.05) is 35.4 Å². The maximum atomic E-state index is 5.91. The van der Waals surface area contributed by atoms with Gasteiger partial charge in [-0.3, -0.25) is 0 Å². The van der Waals surface area contributed by atoms with Crippen LogP contribution in [0.1, 0.15) is 6.92 Å². The van der Waals surface area contributed by atoms with E-state index in [1.807, 2.05) is 12.1 Å². The van der Waals surface area contributed by atoms with Crippen LogP contribution in [0, 0.1) is 0 Å². The summed E-state index contributed by atoms with van der Waals surface area (Å²) in [6.07, 6.45) is 0. The molecule has 0 aromatic heterocycles. The van der Waals surface area contributed by atoms with Gasteiger partial charge >= 0.3 is 0 Å². The minimum Gasteiger partial charge on any atom is -0.370 e. The molecular weight excluding hydrogens is 219 g/mol. The molecule has 78 valence electrons. The minimum atomic E-state index is 0.623. The lowest BCUT2D eigenvalue weighted by molar-refractivity contribution is 0.817. The van der Waals surface area contributed by atoms with Gasteiger partial charge in [0.1, 0.15) is 0 Å². The van der Waals surface area contributed by atoms with Gasteiger partial charge in [-0.05, 0) is 25.1 Å². The highest BCUT2D eigenvalue weighted by atomic mass is 35.5. The Morgan fingerprint density at radius 2 is 1.79 bits per heavy atom. The van der Waals surface area contributed by atoms with Crippen LogP contribution >= 0.6 is 23.2 Å². The quantitative estimate of drug-likeness (QED) is 0.866. The van der Waals surface area contributed by atoms with Gasteiger partial charge in [-0.15, -0.1) is 0 Å². The Bertz CT molecular complexity index is 282.